The van der Waals surface area contributed by atoms with Crippen LogP contribution in [0.5, 0.6) is 0 Å². The van der Waals surface area contributed by atoms with Crippen LogP contribution in [0.2, 0.25) is 5.02 Å². The van der Waals surface area contributed by atoms with Gasteiger partial charge in [-0.3, -0.25) is 4.79 Å². The van der Waals surface area contributed by atoms with Crippen molar-refractivity contribution in [2.45, 2.75) is 32.2 Å². The Labute approximate surface area is 123 Å². The number of nitrogens with one attached hydrogen (secondary N) is 1. The molecule has 1 aliphatic rings. The summed E-state index contributed by atoms with van der Waals surface area (Å²) < 4.78 is 1.26. The molecule has 0 radical (unpaired) electrons. The first-order chi connectivity index (χ1) is 9.62. The lowest BCUT2D eigenvalue weighted by atomic mass is 9.87. The van der Waals surface area contributed by atoms with Crippen molar-refractivity contribution in [1.29, 1.82) is 0 Å². The second-order valence-corrected chi connectivity index (χ2v) is 5.74. The number of aliphatic hydroxyl groups is 1. The minimum atomic E-state index is -0.332. The van der Waals surface area contributed by atoms with Gasteiger partial charge in [0.05, 0.1) is 25.0 Å². The van der Waals surface area contributed by atoms with E-state index >= 15 is 0 Å². The predicted octanol–water partition coefficient (Wildman–Crippen LogP) is 2.05. The van der Waals surface area contributed by atoms with Crippen LogP contribution in [0.25, 0.3) is 0 Å². The summed E-state index contributed by atoms with van der Waals surface area (Å²) in [6, 6.07) is 0. The SMILES string of the molecule is C=CCn1ncc(NCC2(CO)CCCC2)c(Cl)c1=O. The molecule has 1 aliphatic carbocycles. The number of aromatic nitrogens is 2. The molecule has 20 heavy (non-hydrogen) atoms. The van der Waals surface area contributed by atoms with E-state index in [9.17, 15) is 9.90 Å². The van der Waals surface area contributed by atoms with Crippen molar-refractivity contribution in [1.82, 2.24) is 9.78 Å². The highest BCUT2D eigenvalue weighted by Crippen LogP contribution is 2.37. The summed E-state index contributed by atoms with van der Waals surface area (Å²) in [5.41, 5.74) is 0.0944. The highest BCUT2D eigenvalue weighted by Gasteiger charge is 2.33. The molecule has 2 N–H and O–H groups in total. The number of aliphatic hydroxyl groups excluding tert-OH is 1. The van der Waals surface area contributed by atoms with E-state index in [1.165, 1.54) is 4.68 Å². The number of anilines is 1. The van der Waals surface area contributed by atoms with Gasteiger partial charge >= 0.3 is 0 Å². The molecule has 1 aromatic rings. The smallest absolute Gasteiger partial charge is 0.287 e. The molecule has 0 aliphatic heterocycles. The first-order valence-corrected chi connectivity index (χ1v) is 7.21. The van der Waals surface area contributed by atoms with Crippen molar-refractivity contribution in [3.63, 3.8) is 0 Å². The molecule has 0 aromatic carbocycles. The number of nitrogens with zero attached hydrogens (tertiary/aromatic N) is 2. The lowest BCUT2D eigenvalue weighted by Gasteiger charge is -2.27. The summed E-state index contributed by atoms with van der Waals surface area (Å²) in [6.07, 6.45) is 7.40. The molecule has 2 rings (SSSR count). The summed E-state index contributed by atoms with van der Waals surface area (Å²) >= 11 is 6.08. The summed E-state index contributed by atoms with van der Waals surface area (Å²) in [5.74, 6) is 0. The number of halogens is 1. The number of allylic oxidation sites excluding steroid dienone is 1. The van der Waals surface area contributed by atoms with Gasteiger partial charge in [-0.2, -0.15) is 5.10 Å². The molecule has 0 amide bonds. The first kappa shape index (κ1) is 15.1. The average Bonchev–Trinajstić information content (AvgIpc) is 2.93. The lowest BCUT2D eigenvalue weighted by Crippen LogP contribution is -2.31. The van der Waals surface area contributed by atoms with Gasteiger partial charge < -0.3 is 10.4 Å². The fourth-order valence-electron chi connectivity index (χ4n) is 2.64. The van der Waals surface area contributed by atoms with E-state index in [0.717, 1.165) is 25.7 Å². The fraction of sp³-hybridized carbons (Fsp3) is 0.571. The van der Waals surface area contributed by atoms with Gasteiger partial charge in [-0.15, -0.1) is 6.58 Å². The highest BCUT2D eigenvalue weighted by molar-refractivity contribution is 6.32. The Hall–Kier alpha value is -1.33. The van der Waals surface area contributed by atoms with Crippen molar-refractivity contribution in [3.8, 4) is 0 Å². The van der Waals surface area contributed by atoms with E-state index in [0.29, 0.717) is 18.8 Å². The van der Waals surface area contributed by atoms with Crippen LogP contribution < -0.4 is 10.9 Å². The Balaban J connectivity index is 2.12. The third kappa shape index (κ3) is 3.04. The van der Waals surface area contributed by atoms with Crippen molar-refractivity contribution < 1.29 is 5.11 Å². The highest BCUT2D eigenvalue weighted by atomic mass is 35.5. The van der Waals surface area contributed by atoms with E-state index in [2.05, 4.69) is 17.0 Å². The zero-order chi connectivity index (χ0) is 14.6. The maximum atomic E-state index is 12.0. The van der Waals surface area contributed by atoms with E-state index in [1.54, 1.807) is 12.3 Å². The molecule has 0 unspecified atom stereocenters. The second-order valence-electron chi connectivity index (χ2n) is 5.37. The van der Waals surface area contributed by atoms with E-state index < -0.39 is 0 Å². The summed E-state index contributed by atoms with van der Waals surface area (Å²) in [7, 11) is 0. The number of hydrogen-bond donors (Lipinski definition) is 2. The maximum Gasteiger partial charge on any atom is 0.287 e. The molecule has 1 fully saturated rings. The molecule has 0 atom stereocenters. The Kier molecular flexibility index (Phi) is 4.83. The number of rotatable bonds is 6. The van der Waals surface area contributed by atoms with Crippen LogP contribution in [0.4, 0.5) is 5.69 Å². The predicted molar refractivity (Wildman–Crippen MR) is 80.2 cm³/mol. The minimum Gasteiger partial charge on any atom is -0.396 e. The van der Waals surface area contributed by atoms with Crippen molar-refractivity contribution >= 4 is 17.3 Å². The fourth-order valence-corrected chi connectivity index (χ4v) is 2.85. The topological polar surface area (TPSA) is 67.2 Å². The van der Waals surface area contributed by atoms with Gasteiger partial charge in [0.2, 0.25) is 0 Å². The molecule has 110 valence electrons. The molecule has 6 heteroatoms. The molecule has 5 nitrogen and oxygen atoms in total. The summed E-state index contributed by atoms with van der Waals surface area (Å²) in [4.78, 5) is 12.0. The standard InChI is InChI=1S/C14H20ClN3O2/c1-2-7-18-13(20)12(15)11(8-17-18)16-9-14(10-19)5-3-4-6-14/h2,8,16,19H,1,3-7,9-10H2. The summed E-state index contributed by atoms with van der Waals surface area (Å²) in [5, 5.41) is 16.9. The maximum absolute atomic E-state index is 12.0. The van der Waals surface area contributed by atoms with Gasteiger partial charge in [0.25, 0.3) is 5.56 Å². The van der Waals surface area contributed by atoms with E-state index in [4.69, 9.17) is 11.6 Å². The van der Waals surface area contributed by atoms with Crippen molar-refractivity contribution in [2.24, 2.45) is 5.41 Å². The average molecular weight is 298 g/mol. The second kappa shape index (κ2) is 6.41. The largest absolute Gasteiger partial charge is 0.396 e. The Morgan fingerprint density at radius 1 is 1.55 bits per heavy atom. The zero-order valence-electron chi connectivity index (χ0n) is 11.4. The van der Waals surface area contributed by atoms with E-state index in [1.807, 2.05) is 0 Å². The molecule has 1 aromatic heterocycles. The van der Waals surface area contributed by atoms with Gasteiger partial charge in [-0.05, 0) is 12.8 Å². The third-order valence-electron chi connectivity index (χ3n) is 3.94. The van der Waals surface area contributed by atoms with Crippen molar-refractivity contribution in [3.05, 3.63) is 34.2 Å². The van der Waals surface area contributed by atoms with Crippen LogP contribution in [0.15, 0.2) is 23.6 Å². The van der Waals surface area contributed by atoms with Crippen LogP contribution in [0.1, 0.15) is 25.7 Å². The molecule has 0 bridgehead atoms. The molecule has 0 spiro atoms. The Morgan fingerprint density at radius 3 is 2.85 bits per heavy atom. The van der Waals surface area contributed by atoms with Crippen LogP contribution in [-0.2, 0) is 6.54 Å². The first-order valence-electron chi connectivity index (χ1n) is 6.83. The van der Waals surface area contributed by atoms with Gasteiger partial charge in [0.1, 0.15) is 5.02 Å². The third-order valence-corrected chi connectivity index (χ3v) is 4.31. The van der Waals surface area contributed by atoms with Gasteiger partial charge in [-0.1, -0.05) is 30.5 Å². The van der Waals surface area contributed by atoms with Crippen LogP contribution >= 0.6 is 11.6 Å². The monoisotopic (exact) mass is 297 g/mol. The van der Waals surface area contributed by atoms with Gasteiger partial charge in [-0.25, -0.2) is 4.68 Å². The quantitative estimate of drug-likeness (QED) is 0.789. The molecule has 1 saturated carbocycles. The summed E-state index contributed by atoms with van der Waals surface area (Å²) in [6.45, 7) is 4.66. The van der Waals surface area contributed by atoms with Crippen LogP contribution in [0.3, 0.4) is 0 Å². The Bertz CT molecular complexity index is 536. The van der Waals surface area contributed by atoms with Gasteiger partial charge in [0, 0.05) is 12.0 Å². The van der Waals surface area contributed by atoms with Crippen LogP contribution in [0, 0.1) is 5.41 Å². The molecular weight excluding hydrogens is 278 g/mol. The zero-order valence-corrected chi connectivity index (χ0v) is 12.2. The molecular formula is C14H20ClN3O2. The number of hydrogen-bond acceptors (Lipinski definition) is 4. The van der Waals surface area contributed by atoms with Crippen LogP contribution in [-0.4, -0.2) is 28.0 Å². The van der Waals surface area contributed by atoms with Crippen molar-refractivity contribution in [2.75, 3.05) is 18.5 Å². The molecule has 0 saturated heterocycles. The van der Waals surface area contributed by atoms with Gasteiger partial charge in [0.15, 0.2) is 0 Å². The Morgan fingerprint density at radius 2 is 2.25 bits per heavy atom. The normalized spacial score (nSPS) is 17.1. The lowest BCUT2D eigenvalue weighted by molar-refractivity contribution is 0.142. The minimum absolute atomic E-state index is 0.0979. The molecule has 1 heterocycles. The van der Waals surface area contributed by atoms with E-state index in [-0.39, 0.29) is 22.6 Å².